The molecular formula is C26H28ClN5O3. The molecule has 9 heteroatoms. The summed E-state index contributed by atoms with van der Waals surface area (Å²) < 4.78 is 4.69. The lowest BCUT2D eigenvalue weighted by Crippen LogP contribution is -2.56. The van der Waals surface area contributed by atoms with E-state index >= 15 is 0 Å². The third-order valence-corrected chi connectivity index (χ3v) is 7.34. The maximum atomic E-state index is 12.9. The molecule has 0 bridgehead atoms. The molecule has 0 radical (unpaired) electrons. The summed E-state index contributed by atoms with van der Waals surface area (Å²) in [4.78, 5) is 37.7. The van der Waals surface area contributed by atoms with E-state index in [2.05, 4.69) is 16.0 Å². The van der Waals surface area contributed by atoms with Gasteiger partial charge in [0.2, 0.25) is 5.91 Å². The lowest BCUT2D eigenvalue weighted by molar-refractivity contribution is -0.144. The Hall–Kier alpha value is -3.18. The number of rotatable bonds is 7. The summed E-state index contributed by atoms with van der Waals surface area (Å²) >= 11 is 6.15. The second-order valence-corrected chi connectivity index (χ2v) is 9.95. The van der Waals surface area contributed by atoms with Crippen LogP contribution in [0.5, 0.6) is 0 Å². The fourth-order valence-electron chi connectivity index (χ4n) is 4.96. The molecule has 5 rings (SSSR count). The van der Waals surface area contributed by atoms with Crippen molar-refractivity contribution >= 4 is 29.3 Å². The van der Waals surface area contributed by atoms with Crippen molar-refractivity contribution in [1.82, 2.24) is 14.9 Å². The Kier molecular flexibility index (Phi) is 6.61. The fourth-order valence-corrected chi connectivity index (χ4v) is 5.13. The number of anilines is 1. The Morgan fingerprint density at radius 2 is 2.00 bits per heavy atom. The zero-order valence-electron chi connectivity index (χ0n) is 19.7. The molecule has 0 aromatic carbocycles. The number of aromatic nitrogens is 2. The van der Waals surface area contributed by atoms with E-state index in [9.17, 15) is 14.9 Å². The zero-order valence-corrected chi connectivity index (χ0v) is 20.5. The minimum absolute atomic E-state index is 0.0102. The van der Waals surface area contributed by atoms with Crippen LogP contribution in [0.3, 0.4) is 0 Å². The third kappa shape index (κ3) is 5.10. The first-order valence-electron chi connectivity index (χ1n) is 12.2. The normalized spacial score (nSPS) is 19.9. The molecule has 35 heavy (non-hydrogen) atoms. The summed E-state index contributed by atoms with van der Waals surface area (Å²) in [6.07, 6.45) is 6.27. The van der Waals surface area contributed by atoms with Crippen molar-refractivity contribution in [1.29, 1.82) is 5.26 Å². The Labute approximate surface area is 209 Å². The standard InChI is InChI=1S/C26H28ClN5O3/c1-35-24(34)7-6-23(33)32-11-10-31(15-21(32)16-2-3-16)26-19(14-28)12-20(25(30-26)17-4-5-17)18-8-9-29-22(27)13-18/h8-9,12-13,16-17,21H,2-7,10-11,15H2,1H3. The Morgan fingerprint density at radius 1 is 1.20 bits per heavy atom. The molecule has 2 aliphatic carbocycles. The number of carbonyl (C=O) groups is 2. The van der Waals surface area contributed by atoms with Crippen LogP contribution < -0.4 is 4.90 Å². The molecule has 2 saturated carbocycles. The summed E-state index contributed by atoms with van der Waals surface area (Å²) in [5, 5.41) is 10.4. The highest BCUT2D eigenvalue weighted by atomic mass is 35.5. The van der Waals surface area contributed by atoms with Gasteiger partial charge in [0.05, 0.1) is 30.8 Å². The number of hydrogen-bond donors (Lipinski definition) is 0. The van der Waals surface area contributed by atoms with Gasteiger partial charge in [-0.25, -0.2) is 9.97 Å². The quantitative estimate of drug-likeness (QED) is 0.425. The van der Waals surface area contributed by atoms with Crippen LogP contribution in [0.4, 0.5) is 5.82 Å². The molecule has 3 fully saturated rings. The molecule has 0 spiro atoms. The highest BCUT2D eigenvalue weighted by Crippen LogP contribution is 2.45. The number of pyridine rings is 2. The predicted molar refractivity (Wildman–Crippen MR) is 131 cm³/mol. The second kappa shape index (κ2) is 9.82. The van der Waals surface area contributed by atoms with Crippen molar-refractivity contribution in [3.05, 3.63) is 40.8 Å². The lowest BCUT2D eigenvalue weighted by atomic mass is 9.99. The molecule has 3 heterocycles. The van der Waals surface area contributed by atoms with Crippen LogP contribution in [-0.4, -0.2) is 59.5 Å². The van der Waals surface area contributed by atoms with Crippen LogP contribution >= 0.6 is 11.6 Å². The van der Waals surface area contributed by atoms with Crippen molar-refractivity contribution in [3.63, 3.8) is 0 Å². The van der Waals surface area contributed by atoms with E-state index in [-0.39, 0.29) is 30.8 Å². The van der Waals surface area contributed by atoms with Crippen LogP contribution in [0.25, 0.3) is 11.1 Å². The number of piperazine rings is 1. The van der Waals surface area contributed by atoms with E-state index in [4.69, 9.17) is 21.3 Å². The number of nitrogens with zero attached hydrogens (tertiary/aromatic N) is 5. The maximum Gasteiger partial charge on any atom is 0.306 e. The van der Waals surface area contributed by atoms with Gasteiger partial charge in [-0.05, 0) is 55.4 Å². The lowest BCUT2D eigenvalue weighted by Gasteiger charge is -2.42. The average molecular weight is 494 g/mol. The van der Waals surface area contributed by atoms with Gasteiger partial charge in [-0.3, -0.25) is 9.59 Å². The molecule has 1 aliphatic heterocycles. The highest BCUT2D eigenvalue weighted by molar-refractivity contribution is 6.29. The molecule has 2 aromatic heterocycles. The number of nitriles is 1. The van der Waals surface area contributed by atoms with E-state index in [1.54, 1.807) is 6.20 Å². The SMILES string of the molecule is COC(=O)CCC(=O)N1CCN(c2nc(C3CC3)c(-c3ccnc(Cl)c3)cc2C#N)CC1C1CC1. The van der Waals surface area contributed by atoms with Gasteiger partial charge in [-0.2, -0.15) is 5.26 Å². The van der Waals surface area contributed by atoms with Crippen LogP contribution in [0.15, 0.2) is 24.4 Å². The second-order valence-electron chi connectivity index (χ2n) is 9.56. The topological polar surface area (TPSA) is 99.4 Å². The van der Waals surface area contributed by atoms with Crippen molar-refractivity contribution in [2.24, 2.45) is 5.92 Å². The first-order valence-corrected chi connectivity index (χ1v) is 12.5. The van der Waals surface area contributed by atoms with Crippen molar-refractivity contribution in [2.75, 3.05) is 31.6 Å². The number of carbonyl (C=O) groups excluding carboxylic acids is 2. The van der Waals surface area contributed by atoms with Gasteiger partial charge >= 0.3 is 5.97 Å². The number of hydrogen-bond acceptors (Lipinski definition) is 7. The van der Waals surface area contributed by atoms with E-state index in [0.717, 1.165) is 42.5 Å². The largest absolute Gasteiger partial charge is 0.469 e. The van der Waals surface area contributed by atoms with Crippen molar-refractivity contribution in [3.8, 4) is 17.2 Å². The van der Waals surface area contributed by atoms with Gasteiger partial charge < -0.3 is 14.5 Å². The molecule has 1 atom stereocenters. The van der Waals surface area contributed by atoms with Gasteiger partial charge in [-0.1, -0.05) is 11.6 Å². The zero-order chi connectivity index (χ0) is 24.5. The molecule has 3 aliphatic rings. The first-order chi connectivity index (χ1) is 17.0. The Bertz CT molecular complexity index is 1190. The molecule has 2 aromatic rings. The monoisotopic (exact) mass is 493 g/mol. The van der Waals surface area contributed by atoms with E-state index in [1.807, 2.05) is 23.1 Å². The number of methoxy groups -OCH3 is 1. The molecule has 182 valence electrons. The van der Waals surface area contributed by atoms with E-state index in [0.29, 0.717) is 48.0 Å². The summed E-state index contributed by atoms with van der Waals surface area (Å²) in [6, 6.07) is 8.06. The third-order valence-electron chi connectivity index (χ3n) is 7.13. The van der Waals surface area contributed by atoms with Gasteiger partial charge in [0.25, 0.3) is 0 Å². The number of ether oxygens (including phenoxy) is 1. The fraction of sp³-hybridized carbons (Fsp3) is 0.500. The van der Waals surface area contributed by atoms with Gasteiger partial charge in [0.15, 0.2) is 0 Å². The van der Waals surface area contributed by atoms with Gasteiger partial charge in [0, 0.05) is 43.7 Å². The van der Waals surface area contributed by atoms with Crippen LogP contribution in [0.1, 0.15) is 55.7 Å². The summed E-state index contributed by atoms with van der Waals surface area (Å²) in [7, 11) is 1.34. The van der Waals surface area contributed by atoms with Gasteiger partial charge in [0.1, 0.15) is 17.0 Å². The smallest absolute Gasteiger partial charge is 0.306 e. The van der Waals surface area contributed by atoms with Crippen LogP contribution in [0, 0.1) is 17.2 Å². The molecular weight excluding hydrogens is 466 g/mol. The Balaban J connectivity index is 1.42. The van der Waals surface area contributed by atoms with Gasteiger partial charge in [-0.15, -0.1) is 0 Å². The number of amides is 1. The van der Waals surface area contributed by atoms with Crippen LogP contribution in [0.2, 0.25) is 5.15 Å². The molecule has 1 unspecified atom stereocenters. The molecule has 0 N–H and O–H groups in total. The number of halogens is 1. The predicted octanol–water partition coefficient (Wildman–Crippen LogP) is 3.93. The minimum atomic E-state index is -0.369. The molecule has 1 amide bonds. The molecule has 1 saturated heterocycles. The first kappa shape index (κ1) is 23.6. The molecule has 8 nitrogen and oxygen atoms in total. The van der Waals surface area contributed by atoms with Crippen molar-refractivity contribution in [2.45, 2.75) is 50.5 Å². The average Bonchev–Trinajstić information content (AvgIpc) is 3.79. The highest BCUT2D eigenvalue weighted by Gasteiger charge is 2.41. The summed E-state index contributed by atoms with van der Waals surface area (Å²) in [5.41, 5.74) is 3.38. The van der Waals surface area contributed by atoms with E-state index in [1.165, 1.54) is 7.11 Å². The number of esters is 1. The summed E-state index contributed by atoms with van der Waals surface area (Å²) in [5.74, 6) is 1.15. The minimum Gasteiger partial charge on any atom is -0.469 e. The maximum absolute atomic E-state index is 12.9. The Morgan fingerprint density at radius 3 is 2.66 bits per heavy atom. The van der Waals surface area contributed by atoms with E-state index < -0.39 is 0 Å². The van der Waals surface area contributed by atoms with Crippen LogP contribution in [-0.2, 0) is 14.3 Å². The summed E-state index contributed by atoms with van der Waals surface area (Å²) in [6.45, 7) is 1.79. The van der Waals surface area contributed by atoms with Crippen molar-refractivity contribution < 1.29 is 14.3 Å².